The molecule has 1 fully saturated rings. The first kappa shape index (κ1) is 13.3. The highest BCUT2D eigenvalue weighted by Gasteiger charge is 2.22. The molecule has 1 aromatic carbocycles. The summed E-state index contributed by atoms with van der Waals surface area (Å²) in [6.07, 6.45) is 1.85. The van der Waals surface area contributed by atoms with Crippen LogP contribution in [0.3, 0.4) is 0 Å². The number of para-hydroxylation sites is 1. The summed E-state index contributed by atoms with van der Waals surface area (Å²) in [6, 6.07) is 4.66. The molecule has 1 aromatic rings. The monoisotopic (exact) mass is 254 g/mol. The SMILES string of the molecule is CC(C)N1CCC(Nc2c(F)cccc2F)CC1. The lowest BCUT2D eigenvalue weighted by molar-refractivity contribution is 0.177. The van der Waals surface area contributed by atoms with Crippen molar-refractivity contribution in [1.82, 2.24) is 4.90 Å². The fraction of sp³-hybridized carbons (Fsp3) is 0.571. The van der Waals surface area contributed by atoms with Crippen LogP contribution in [0, 0.1) is 11.6 Å². The van der Waals surface area contributed by atoms with Gasteiger partial charge in [-0.25, -0.2) is 8.78 Å². The lowest BCUT2D eigenvalue weighted by Crippen LogP contribution is -2.42. The van der Waals surface area contributed by atoms with E-state index in [1.165, 1.54) is 18.2 Å². The number of nitrogens with zero attached hydrogens (tertiary/aromatic N) is 1. The molecule has 1 aliphatic rings. The van der Waals surface area contributed by atoms with E-state index in [1.54, 1.807) is 0 Å². The van der Waals surface area contributed by atoms with Gasteiger partial charge in [0.15, 0.2) is 0 Å². The number of halogens is 2. The number of hydrogen-bond acceptors (Lipinski definition) is 2. The van der Waals surface area contributed by atoms with Crippen LogP contribution in [0.2, 0.25) is 0 Å². The van der Waals surface area contributed by atoms with Gasteiger partial charge in [-0.3, -0.25) is 0 Å². The van der Waals surface area contributed by atoms with Crippen molar-refractivity contribution in [2.45, 2.75) is 38.8 Å². The number of benzene rings is 1. The van der Waals surface area contributed by atoms with Crippen LogP contribution in [0.5, 0.6) is 0 Å². The average Bonchev–Trinajstić information content (AvgIpc) is 2.34. The second-order valence-electron chi connectivity index (χ2n) is 5.14. The Kier molecular flexibility index (Phi) is 4.17. The van der Waals surface area contributed by atoms with Gasteiger partial charge in [0.1, 0.15) is 17.3 Å². The molecule has 18 heavy (non-hydrogen) atoms. The molecule has 0 bridgehead atoms. The summed E-state index contributed by atoms with van der Waals surface area (Å²) in [7, 11) is 0. The van der Waals surface area contributed by atoms with E-state index in [4.69, 9.17) is 0 Å². The molecule has 0 aliphatic carbocycles. The second-order valence-corrected chi connectivity index (χ2v) is 5.14. The van der Waals surface area contributed by atoms with Crippen LogP contribution in [0.1, 0.15) is 26.7 Å². The largest absolute Gasteiger partial charge is 0.377 e. The molecule has 2 rings (SSSR count). The maximum atomic E-state index is 13.5. The number of hydrogen-bond donors (Lipinski definition) is 1. The minimum Gasteiger partial charge on any atom is -0.377 e. The summed E-state index contributed by atoms with van der Waals surface area (Å²) < 4.78 is 27.0. The third kappa shape index (κ3) is 2.99. The third-order valence-electron chi connectivity index (χ3n) is 3.57. The Labute approximate surface area is 107 Å². The number of rotatable bonds is 3. The van der Waals surface area contributed by atoms with E-state index in [1.807, 2.05) is 0 Å². The van der Waals surface area contributed by atoms with Crippen molar-refractivity contribution in [1.29, 1.82) is 0 Å². The zero-order valence-electron chi connectivity index (χ0n) is 10.9. The first-order valence-corrected chi connectivity index (χ1v) is 6.52. The Hall–Kier alpha value is -1.16. The van der Waals surface area contributed by atoms with E-state index >= 15 is 0 Å². The summed E-state index contributed by atoms with van der Waals surface area (Å²) in [5.41, 5.74) is 0.0143. The molecule has 1 N–H and O–H groups in total. The second kappa shape index (κ2) is 5.65. The van der Waals surface area contributed by atoms with Crippen LogP contribution in [0.4, 0.5) is 14.5 Å². The fourth-order valence-electron chi connectivity index (χ4n) is 2.40. The first-order valence-electron chi connectivity index (χ1n) is 6.52. The normalized spacial score (nSPS) is 18.3. The molecule has 1 saturated heterocycles. The summed E-state index contributed by atoms with van der Waals surface area (Å²) in [4.78, 5) is 2.38. The molecule has 1 aliphatic heterocycles. The van der Waals surface area contributed by atoms with Crippen molar-refractivity contribution in [2.75, 3.05) is 18.4 Å². The molecule has 0 aromatic heterocycles. The van der Waals surface area contributed by atoms with Crippen molar-refractivity contribution >= 4 is 5.69 Å². The predicted octanol–water partition coefficient (Wildman–Crippen LogP) is 3.25. The Morgan fingerprint density at radius 1 is 1.17 bits per heavy atom. The Morgan fingerprint density at radius 2 is 1.72 bits per heavy atom. The minimum atomic E-state index is -0.513. The molecule has 0 radical (unpaired) electrons. The molecule has 2 nitrogen and oxygen atoms in total. The van der Waals surface area contributed by atoms with Crippen LogP contribution in [0.15, 0.2) is 18.2 Å². The topological polar surface area (TPSA) is 15.3 Å². The molecule has 0 unspecified atom stereocenters. The third-order valence-corrected chi connectivity index (χ3v) is 3.57. The predicted molar refractivity (Wildman–Crippen MR) is 69.7 cm³/mol. The molecule has 4 heteroatoms. The maximum Gasteiger partial charge on any atom is 0.149 e. The highest BCUT2D eigenvalue weighted by molar-refractivity contribution is 5.46. The molecule has 1 heterocycles. The summed E-state index contributed by atoms with van der Waals surface area (Å²) >= 11 is 0. The Morgan fingerprint density at radius 3 is 2.22 bits per heavy atom. The van der Waals surface area contributed by atoms with Gasteiger partial charge in [0.05, 0.1) is 0 Å². The van der Waals surface area contributed by atoms with E-state index in [0.717, 1.165) is 25.9 Å². The number of nitrogens with one attached hydrogen (secondary N) is 1. The van der Waals surface area contributed by atoms with Crippen molar-refractivity contribution in [2.24, 2.45) is 0 Å². The van der Waals surface area contributed by atoms with Crippen molar-refractivity contribution in [3.05, 3.63) is 29.8 Å². The van der Waals surface area contributed by atoms with Crippen LogP contribution in [0.25, 0.3) is 0 Å². The van der Waals surface area contributed by atoms with E-state index < -0.39 is 11.6 Å². The van der Waals surface area contributed by atoms with E-state index in [-0.39, 0.29) is 11.7 Å². The van der Waals surface area contributed by atoms with Gasteiger partial charge in [0, 0.05) is 25.2 Å². The number of likely N-dealkylation sites (tertiary alicyclic amines) is 1. The smallest absolute Gasteiger partial charge is 0.149 e. The Balaban J connectivity index is 1.96. The molecule has 0 amide bonds. The molecule has 0 spiro atoms. The van der Waals surface area contributed by atoms with E-state index in [0.29, 0.717) is 6.04 Å². The van der Waals surface area contributed by atoms with E-state index in [9.17, 15) is 8.78 Å². The van der Waals surface area contributed by atoms with Crippen LogP contribution < -0.4 is 5.32 Å². The Bertz CT molecular complexity index is 379. The quantitative estimate of drug-likeness (QED) is 0.890. The summed E-state index contributed by atoms with van der Waals surface area (Å²) in [6.45, 7) is 6.30. The number of anilines is 1. The van der Waals surface area contributed by atoms with Crippen LogP contribution in [-0.2, 0) is 0 Å². The van der Waals surface area contributed by atoms with Gasteiger partial charge >= 0.3 is 0 Å². The molecule has 100 valence electrons. The highest BCUT2D eigenvalue weighted by atomic mass is 19.1. The summed E-state index contributed by atoms with van der Waals surface area (Å²) in [5, 5.41) is 3.00. The molecule has 0 saturated carbocycles. The highest BCUT2D eigenvalue weighted by Crippen LogP contribution is 2.22. The van der Waals surface area contributed by atoms with Crippen molar-refractivity contribution in [3.8, 4) is 0 Å². The number of piperidine rings is 1. The van der Waals surface area contributed by atoms with E-state index in [2.05, 4.69) is 24.1 Å². The van der Waals surface area contributed by atoms with Gasteiger partial charge in [-0.15, -0.1) is 0 Å². The van der Waals surface area contributed by atoms with Crippen LogP contribution in [-0.4, -0.2) is 30.1 Å². The first-order chi connectivity index (χ1) is 8.58. The van der Waals surface area contributed by atoms with Crippen LogP contribution >= 0.6 is 0 Å². The summed E-state index contributed by atoms with van der Waals surface area (Å²) in [5.74, 6) is -1.03. The molecular weight excluding hydrogens is 234 g/mol. The standard InChI is InChI=1S/C14H20F2N2/c1-10(2)18-8-6-11(7-9-18)17-14-12(15)4-3-5-13(14)16/h3-5,10-11,17H,6-9H2,1-2H3. The van der Waals surface area contributed by atoms with Gasteiger partial charge in [-0.2, -0.15) is 0 Å². The lowest BCUT2D eigenvalue weighted by Gasteiger charge is -2.35. The van der Waals surface area contributed by atoms with Gasteiger partial charge in [0.2, 0.25) is 0 Å². The molecular formula is C14H20F2N2. The van der Waals surface area contributed by atoms with Gasteiger partial charge in [-0.05, 0) is 38.8 Å². The van der Waals surface area contributed by atoms with Gasteiger partial charge in [0.25, 0.3) is 0 Å². The zero-order chi connectivity index (χ0) is 13.1. The van der Waals surface area contributed by atoms with Crippen molar-refractivity contribution < 1.29 is 8.78 Å². The van der Waals surface area contributed by atoms with Gasteiger partial charge < -0.3 is 10.2 Å². The zero-order valence-corrected chi connectivity index (χ0v) is 10.9. The van der Waals surface area contributed by atoms with Gasteiger partial charge in [-0.1, -0.05) is 6.07 Å². The minimum absolute atomic E-state index is 0.0143. The lowest BCUT2D eigenvalue weighted by atomic mass is 10.0. The maximum absolute atomic E-state index is 13.5. The average molecular weight is 254 g/mol. The van der Waals surface area contributed by atoms with Crippen molar-refractivity contribution in [3.63, 3.8) is 0 Å². The molecule has 0 atom stereocenters. The fourth-order valence-corrected chi connectivity index (χ4v) is 2.40.